The first-order valence-electron chi connectivity index (χ1n) is 30.5. The molecule has 0 radical (unpaired) electrons. The molecule has 16 aromatic carbocycles. The van der Waals surface area contributed by atoms with Gasteiger partial charge in [0, 0.05) is 63.3 Å². The van der Waals surface area contributed by atoms with Crippen LogP contribution in [0.4, 0.5) is 0 Å². The fourth-order valence-electron chi connectivity index (χ4n) is 15.7. The zero-order chi connectivity index (χ0) is 57.7. The lowest BCUT2D eigenvalue weighted by Gasteiger charge is -2.13. The number of furan rings is 2. The Balaban J connectivity index is 0.698. The maximum absolute atomic E-state index is 6.62. The van der Waals surface area contributed by atoms with E-state index in [1.165, 1.54) is 129 Å². The van der Waals surface area contributed by atoms with Gasteiger partial charge in [-0.3, -0.25) is 0 Å². The molecule has 0 bridgehead atoms. The van der Waals surface area contributed by atoms with Crippen LogP contribution in [0, 0.1) is 0 Å². The van der Waals surface area contributed by atoms with Gasteiger partial charge in [0.25, 0.3) is 0 Å². The van der Waals surface area contributed by atoms with Crippen molar-refractivity contribution in [2.24, 2.45) is 0 Å². The summed E-state index contributed by atoms with van der Waals surface area (Å²) in [6.45, 7) is 0. The van der Waals surface area contributed by atoms with E-state index in [4.69, 9.17) is 8.83 Å². The Labute approximate surface area is 511 Å². The molecule has 0 spiro atoms. The van der Waals surface area contributed by atoms with Gasteiger partial charge in [-0.1, -0.05) is 182 Å². The summed E-state index contributed by atoms with van der Waals surface area (Å²) < 4.78 is 20.6. The van der Waals surface area contributed by atoms with Crippen molar-refractivity contribution < 1.29 is 8.83 Å². The molecule has 5 aromatic heterocycles. The van der Waals surface area contributed by atoms with Crippen LogP contribution in [-0.2, 0) is 0 Å². The van der Waals surface area contributed by atoms with Crippen LogP contribution in [0.1, 0.15) is 0 Å². The summed E-state index contributed by atoms with van der Waals surface area (Å²) in [7, 11) is 0. The number of benzene rings is 16. The number of rotatable bonds is 4. The van der Waals surface area contributed by atoms with E-state index in [-0.39, 0.29) is 0 Å². The summed E-state index contributed by atoms with van der Waals surface area (Å²) >= 11 is 1.91. The molecule has 0 saturated heterocycles. The molecule has 21 aromatic rings. The zero-order valence-corrected chi connectivity index (χ0v) is 48.5. The number of aromatic nitrogens is 2. The molecule has 0 N–H and O–H groups in total. The average Bonchev–Trinajstić information content (AvgIpc) is 2.01. The molecule has 410 valence electrons. The van der Waals surface area contributed by atoms with Gasteiger partial charge < -0.3 is 18.0 Å². The Morgan fingerprint density at radius 2 is 0.517 bits per heavy atom. The third-order valence-corrected chi connectivity index (χ3v) is 20.8. The molecule has 0 aliphatic heterocycles. The summed E-state index contributed by atoms with van der Waals surface area (Å²) in [6.07, 6.45) is 0. The fraction of sp³-hybridized carbons (Fsp3) is 0. The van der Waals surface area contributed by atoms with Gasteiger partial charge in [-0.25, -0.2) is 0 Å². The Morgan fingerprint density at radius 1 is 0.202 bits per heavy atom. The molecule has 0 atom stereocenters. The highest BCUT2D eigenvalue weighted by Crippen LogP contribution is 2.48. The molecule has 21 rings (SSSR count). The Kier molecular flexibility index (Phi) is 9.42. The summed E-state index contributed by atoms with van der Waals surface area (Å²) in [5, 5.41) is 27.2. The third-order valence-electron chi connectivity index (χ3n) is 19.6. The van der Waals surface area contributed by atoms with Gasteiger partial charge >= 0.3 is 0 Å². The van der Waals surface area contributed by atoms with E-state index in [0.29, 0.717) is 0 Å². The maximum Gasteiger partial charge on any atom is 0.159 e. The van der Waals surface area contributed by atoms with Crippen molar-refractivity contribution >= 4 is 184 Å². The van der Waals surface area contributed by atoms with Crippen molar-refractivity contribution in [3.8, 4) is 33.6 Å². The second kappa shape index (κ2) is 17.6. The maximum atomic E-state index is 6.62. The molecule has 0 saturated carbocycles. The van der Waals surface area contributed by atoms with Crippen molar-refractivity contribution in [3.05, 3.63) is 279 Å². The lowest BCUT2D eigenvalue weighted by molar-refractivity contribution is 0.666. The minimum absolute atomic E-state index is 0.898. The second-order valence-corrected chi connectivity index (χ2v) is 25.3. The number of hydrogen-bond acceptors (Lipinski definition) is 3. The SMILES string of the molecule is c1ccc2c(c1)oc1c(-n3c4ccccc4c4cc(-c5ccc6c(c5)c5ccccc5c5cc7c(cc65)sc5cc6c8ccc(-c9ccc%10c(c9)c9ccccc9n%10-c9cccc%10c9oc9ccccc9%10)cc8c8ccccc8c6cc57)ccc43)cccc12. The highest BCUT2D eigenvalue weighted by Gasteiger charge is 2.23. The quantitative estimate of drug-likeness (QED) is 0.165. The first-order chi connectivity index (χ1) is 44.1. The van der Waals surface area contributed by atoms with Gasteiger partial charge in [-0.05, 0) is 184 Å². The Bertz CT molecular complexity index is 6340. The number of thiophene rings is 1. The Morgan fingerprint density at radius 3 is 0.955 bits per heavy atom. The number of fused-ring (bicyclic) bond motifs is 27. The number of para-hydroxylation sites is 6. The van der Waals surface area contributed by atoms with Crippen molar-refractivity contribution in [3.63, 3.8) is 0 Å². The Hall–Kier alpha value is -11.5. The van der Waals surface area contributed by atoms with E-state index in [1.807, 2.05) is 23.5 Å². The van der Waals surface area contributed by atoms with E-state index in [9.17, 15) is 0 Å². The summed E-state index contributed by atoms with van der Waals surface area (Å²) in [6, 6.07) is 103. The van der Waals surface area contributed by atoms with E-state index in [1.54, 1.807) is 0 Å². The minimum Gasteiger partial charge on any atom is -0.454 e. The highest BCUT2D eigenvalue weighted by atomic mass is 32.1. The van der Waals surface area contributed by atoms with Crippen LogP contribution in [0.2, 0.25) is 0 Å². The van der Waals surface area contributed by atoms with E-state index in [0.717, 1.165) is 77.3 Å². The average molecular weight is 1150 g/mol. The van der Waals surface area contributed by atoms with Crippen LogP contribution in [-0.4, -0.2) is 9.13 Å². The second-order valence-electron chi connectivity index (χ2n) is 24.2. The van der Waals surface area contributed by atoms with E-state index < -0.39 is 0 Å². The van der Waals surface area contributed by atoms with E-state index in [2.05, 4.69) is 276 Å². The molecule has 89 heavy (non-hydrogen) atoms. The van der Waals surface area contributed by atoms with Crippen LogP contribution < -0.4 is 0 Å². The largest absolute Gasteiger partial charge is 0.454 e. The molecule has 0 unspecified atom stereocenters. The molecule has 4 nitrogen and oxygen atoms in total. The normalized spacial score (nSPS) is 12.5. The van der Waals surface area contributed by atoms with Crippen LogP contribution in [0.3, 0.4) is 0 Å². The van der Waals surface area contributed by atoms with Crippen molar-refractivity contribution in [2.75, 3.05) is 0 Å². The number of nitrogens with zero attached hydrogens (tertiary/aromatic N) is 2. The zero-order valence-electron chi connectivity index (χ0n) is 47.7. The van der Waals surface area contributed by atoms with Gasteiger partial charge in [0.15, 0.2) is 11.2 Å². The lowest BCUT2D eigenvalue weighted by Crippen LogP contribution is -1.94. The first-order valence-corrected chi connectivity index (χ1v) is 31.3. The monoisotopic (exact) mass is 1150 g/mol. The molecule has 0 aliphatic carbocycles. The minimum atomic E-state index is 0.898. The summed E-state index contributed by atoms with van der Waals surface area (Å²) in [5.74, 6) is 0. The predicted molar refractivity (Wildman–Crippen MR) is 378 cm³/mol. The fourth-order valence-corrected chi connectivity index (χ4v) is 16.8. The summed E-state index contributed by atoms with van der Waals surface area (Å²) in [5.41, 5.74) is 15.1. The smallest absolute Gasteiger partial charge is 0.159 e. The van der Waals surface area contributed by atoms with Crippen LogP contribution in [0.25, 0.3) is 206 Å². The topological polar surface area (TPSA) is 36.1 Å². The molecule has 0 aliphatic rings. The van der Waals surface area contributed by atoms with Gasteiger partial charge in [0.2, 0.25) is 0 Å². The molecule has 0 amide bonds. The molecule has 5 heteroatoms. The summed E-state index contributed by atoms with van der Waals surface area (Å²) in [4.78, 5) is 0. The van der Waals surface area contributed by atoms with Gasteiger partial charge in [-0.2, -0.15) is 0 Å². The van der Waals surface area contributed by atoms with Crippen LogP contribution in [0.5, 0.6) is 0 Å². The first kappa shape index (κ1) is 47.7. The van der Waals surface area contributed by atoms with Crippen LogP contribution >= 0.6 is 11.3 Å². The predicted octanol–water partition coefficient (Wildman–Crippen LogP) is 24.3. The molecule has 0 fully saturated rings. The molecule has 5 heterocycles. The van der Waals surface area contributed by atoms with Gasteiger partial charge in [-0.15, -0.1) is 11.3 Å². The van der Waals surface area contributed by atoms with Crippen molar-refractivity contribution in [1.82, 2.24) is 9.13 Å². The van der Waals surface area contributed by atoms with E-state index >= 15 is 0 Å². The van der Waals surface area contributed by atoms with Crippen molar-refractivity contribution in [2.45, 2.75) is 0 Å². The highest BCUT2D eigenvalue weighted by molar-refractivity contribution is 7.26. The van der Waals surface area contributed by atoms with Crippen LogP contribution in [0.15, 0.2) is 288 Å². The van der Waals surface area contributed by atoms with Gasteiger partial charge in [0.05, 0.1) is 33.4 Å². The van der Waals surface area contributed by atoms with Gasteiger partial charge in [0.1, 0.15) is 11.2 Å². The standard InChI is InChI=1S/C84H46N2O2S/c1-3-17-53-51(15-1)63-39-47(49-33-37-75-69(41-49)57-19-5-9-25-73(57)85(75)77-27-13-23-61-59-21-7-11-29-79(59)87-83(61)77)31-35-55(63)67-45-81-71(43-65(53)67)72-44-66-54-18-4-2-16-52(54)64-40-48(32-36-56(64)68(66)46-82(72)89-81)50-34-38-76-70(42-50)58-20-6-10-26-74(58)86(76)78-28-14-24-62-60-22-8-12-30-80(60)88-84(62)78/h1-46H. The third kappa shape index (κ3) is 6.56. The number of hydrogen-bond donors (Lipinski definition) is 0. The lowest BCUT2D eigenvalue weighted by atomic mass is 9.90. The van der Waals surface area contributed by atoms with Crippen molar-refractivity contribution in [1.29, 1.82) is 0 Å². The molecular weight excluding hydrogens is 1100 g/mol. The molecular formula is C84H46N2O2S.